The molecule has 230 valence electrons. The molecule has 0 unspecified atom stereocenters. The molecule has 3 aromatic heterocycles. The number of hydrogen-bond acceptors (Lipinski definition) is 6. The minimum atomic E-state index is 0.575. The first kappa shape index (κ1) is 28.4. The lowest BCUT2D eigenvalue weighted by molar-refractivity contribution is 0.669. The van der Waals surface area contributed by atoms with E-state index in [0.29, 0.717) is 17.5 Å². The van der Waals surface area contributed by atoms with Crippen LogP contribution in [-0.4, -0.2) is 25.1 Å². The summed E-state index contributed by atoms with van der Waals surface area (Å²) in [7, 11) is 0. The zero-order valence-corrected chi connectivity index (χ0v) is 26.2. The molecule has 0 amide bonds. The Bertz CT molecular complexity index is 2510. The number of fused-ring (bicyclic) bond motifs is 3. The molecule has 9 rings (SSSR count). The van der Waals surface area contributed by atoms with E-state index in [4.69, 9.17) is 19.4 Å². The van der Waals surface area contributed by atoms with Gasteiger partial charge in [0.2, 0.25) is 0 Å². The lowest BCUT2D eigenvalue weighted by atomic mass is 9.93. The van der Waals surface area contributed by atoms with Crippen LogP contribution in [0.3, 0.4) is 0 Å². The smallest absolute Gasteiger partial charge is 0.165 e. The van der Waals surface area contributed by atoms with Crippen molar-refractivity contribution in [2.45, 2.75) is 0 Å². The van der Waals surface area contributed by atoms with E-state index in [-0.39, 0.29) is 0 Å². The van der Waals surface area contributed by atoms with Crippen LogP contribution in [0.15, 0.2) is 168 Å². The van der Waals surface area contributed by atoms with Crippen LogP contribution in [0.5, 0.6) is 0 Å². The zero-order chi connectivity index (χ0) is 32.6. The molecule has 0 aliphatic heterocycles. The summed E-state index contributed by atoms with van der Waals surface area (Å²) in [6.45, 7) is 0. The van der Waals surface area contributed by atoms with Crippen LogP contribution >= 0.6 is 0 Å². The van der Waals surface area contributed by atoms with Crippen LogP contribution in [0, 0.1) is 0 Å². The fourth-order valence-corrected chi connectivity index (χ4v) is 6.28. The Balaban J connectivity index is 1.22. The SMILES string of the molecule is c1ccc(-c2ccc(-c3ccc(-c4ccc5oc6ccccc6c5c4-c4nc(-c5ccccc5)nc(-c5ccccc5)n4)cc3)nn2)cc1. The summed E-state index contributed by atoms with van der Waals surface area (Å²) >= 11 is 0. The number of nitrogens with zero attached hydrogens (tertiary/aromatic N) is 5. The van der Waals surface area contributed by atoms with Gasteiger partial charge in [0.1, 0.15) is 11.2 Å². The van der Waals surface area contributed by atoms with Crippen molar-refractivity contribution in [1.29, 1.82) is 0 Å². The van der Waals surface area contributed by atoms with Gasteiger partial charge in [-0.1, -0.05) is 133 Å². The Kier molecular flexibility index (Phi) is 7.02. The average molecular weight is 630 g/mol. The van der Waals surface area contributed by atoms with Gasteiger partial charge in [-0.25, -0.2) is 15.0 Å². The molecule has 6 aromatic carbocycles. The monoisotopic (exact) mass is 629 g/mol. The molecule has 0 bridgehead atoms. The molecule has 0 atom stereocenters. The van der Waals surface area contributed by atoms with Crippen LogP contribution in [-0.2, 0) is 0 Å². The predicted molar refractivity (Wildman–Crippen MR) is 195 cm³/mol. The standard InChI is InChI=1S/C43H27N5O/c1-4-12-29(13-5-1)35-25-26-36(48-47-35)30-22-20-28(21-23-30)33-24-27-38-39(34-18-10-11-19-37(34)49-38)40(33)43-45-41(31-14-6-2-7-15-31)44-42(46-43)32-16-8-3-9-17-32/h1-27H. The molecular formula is C43H27N5O. The molecule has 49 heavy (non-hydrogen) atoms. The van der Waals surface area contributed by atoms with Gasteiger partial charge in [0.15, 0.2) is 17.5 Å². The van der Waals surface area contributed by atoms with Gasteiger partial charge in [-0.05, 0) is 41.5 Å². The van der Waals surface area contributed by atoms with Crippen LogP contribution in [0.4, 0.5) is 0 Å². The number of aromatic nitrogens is 5. The Hall–Kier alpha value is -6.79. The van der Waals surface area contributed by atoms with Crippen molar-refractivity contribution in [2.24, 2.45) is 0 Å². The van der Waals surface area contributed by atoms with Gasteiger partial charge < -0.3 is 4.42 Å². The predicted octanol–water partition coefficient (Wildman–Crippen LogP) is 10.6. The van der Waals surface area contributed by atoms with Crippen LogP contribution < -0.4 is 0 Å². The van der Waals surface area contributed by atoms with Crippen molar-refractivity contribution < 1.29 is 4.42 Å². The van der Waals surface area contributed by atoms with Crippen molar-refractivity contribution in [3.8, 4) is 67.8 Å². The zero-order valence-electron chi connectivity index (χ0n) is 26.2. The molecule has 3 heterocycles. The largest absolute Gasteiger partial charge is 0.456 e. The molecule has 0 fully saturated rings. The molecule has 0 radical (unpaired) electrons. The molecule has 0 aliphatic carbocycles. The highest BCUT2D eigenvalue weighted by Crippen LogP contribution is 2.42. The second-order valence-electron chi connectivity index (χ2n) is 11.7. The molecule has 9 aromatic rings. The molecule has 0 spiro atoms. The first-order valence-electron chi connectivity index (χ1n) is 16.1. The number of benzene rings is 6. The Morgan fingerprint density at radius 2 is 0.837 bits per heavy atom. The minimum Gasteiger partial charge on any atom is -0.456 e. The lowest BCUT2D eigenvalue weighted by Crippen LogP contribution is -2.01. The number of furan rings is 1. The van der Waals surface area contributed by atoms with Crippen molar-refractivity contribution in [3.63, 3.8) is 0 Å². The van der Waals surface area contributed by atoms with Crippen LogP contribution in [0.2, 0.25) is 0 Å². The van der Waals surface area contributed by atoms with Crippen LogP contribution in [0.25, 0.3) is 89.7 Å². The van der Waals surface area contributed by atoms with Gasteiger partial charge in [0, 0.05) is 38.6 Å². The van der Waals surface area contributed by atoms with E-state index in [9.17, 15) is 0 Å². The summed E-state index contributed by atoms with van der Waals surface area (Å²) in [5.74, 6) is 1.78. The summed E-state index contributed by atoms with van der Waals surface area (Å²) in [4.78, 5) is 15.2. The second kappa shape index (κ2) is 12.1. The van der Waals surface area contributed by atoms with E-state index in [1.54, 1.807) is 0 Å². The van der Waals surface area contributed by atoms with Gasteiger partial charge in [-0.3, -0.25) is 0 Å². The van der Waals surface area contributed by atoms with E-state index in [0.717, 1.165) is 72.3 Å². The first-order valence-corrected chi connectivity index (χ1v) is 16.1. The quantitative estimate of drug-likeness (QED) is 0.182. The Morgan fingerprint density at radius 1 is 0.347 bits per heavy atom. The molecule has 0 saturated heterocycles. The molecule has 0 aliphatic rings. The highest BCUT2D eigenvalue weighted by molar-refractivity contribution is 6.15. The van der Waals surface area contributed by atoms with E-state index in [1.807, 2.05) is 127 Å². The summed E-state index contributed by atoms with van der Waals surface area (Å²) in [6.07, 6.45) is 0. The molecule has 6 heteroatoms. The Labute approximate surface area is 282 Å². The van der Waals surface area contributed by atoms with Crippen LogP contribution in [0.1, 0.15) is 0 Å². The van der Waals surface area contributed by atoms with Gasteiger partial charge in [0.05, 0.1) is 11.4 Å². The van der Waals surface area contributed by atoms with E-state index >= 15 is 0 Å². The Morgan fingerprint density at radius 3 is 1.43 bits per heavy atom. The maximum absolute atomic E-state index is 6.37. The van der Waals surface area contributed by atoms with Gasteiger partial charge in [-0.2, -0.15) is 0 Å². The fraction of sp³-hybridized carbons (Fsp3) is 0. The number of hydrogen-bond donors (Lipinski definition) is 0. The third-order valence-electron chi connectivity index (χ3n) is 8.69. The summed E-state index contributed by atoms with van der Waals surface area (Å²) in [6, 6.07) is 54.8. The minimum absolute atomic E-state index is 0.575. The highest BCUT2D eigenvalue weighted by Gasteiger charge is 2.22. The van der Waals surface area contributed by atoms with E-state index in [1.165, 1.54) is 0 Å². The normalized spacial score (nSPS) is 11.3. The first-order chi connectivity index (χ1) is 24.3. The maximum Gasteiger partial charge on any atom is 0.165 e. The van der Waals surface area contributed by atoms with E-state index in [2.05, 4.69) is 46.6 Å². The van der Waals surface area contributed by atoms with Gasteiger partial charge in [0.25, 0.3) is 0 Å². The summed E-state index contributed by atoms with van der Waals surface area (Å²) < 4.78 is 6.37. The van der Waals surface area contributed by atoms with Crippen molar-refractivity contribution in [2.75, 3.05) is 0 Å². The second-order valence-corrected chi connectivity index (χ2v) is 11.7. The van der Waals surface area contributed by atoms with E-state index < -0.39 is 0 Å². The topological polar surface area (TPSA) is 77.6 Å². The number of para-hydroxylation sites is 1. The lowest BCUT2D eigenvalue weighted by Gasteiger charge is -2.14. The fourth-order valence-electron chi connectivity index (χ4n) is 6.28. The molecule has 0 saturated carbocycles. The molecular weight excluding hydrogens is 603 g/mol. The summed E-state index contributed by atoms with van der Waals surface area (Å²) in [5, 5.41) is 11.0. The highest BCUT2D eigenvalue weighted by atomic mass is 16.3. The van der Waals surface area contributed by atoms with Gasteiger partial charge >= 0.3 is 0 Å². The average Bonchev–Trinajstić information content (AvgIpc) is 3.57. The molecule has 6 nitrogen and oxygen atoms in total. The van der Waals surface area contributed by atoms with Crippen molar-refractivity contribution in [1.82, 2.24) is 25.1 Å². The van der Waals surface area contributed by atoms with Crippen molar-refractivity contribution >= 4 is 21.9 Å². The maximum atomic E-state index is 6.37. The summed E-state index contributed by atoms with van der Waals surface area (Å²) in [5.41, 5.74) is 9.96. The third kappa shape index (κ3) is 5.31. The molecule has 0 N–H and O–H groups in total. The number of rotatable bonds is 6. The third-order valence-corrected chi connectivity index (χ3v) is 8.69. The van der Waals surface area contributed by atoms with Crippen molar-refractivity contribution in [3.05, 3.63) is 164 Å². The van der Waals surface area contributed by atoms with Gasteiger partial charge in [-0.15, -0.1) is 10.2 Å².